The van der Waals surface area contributed by atoms with Gasteiger partial charge in [0, 0.05) is 90.6 Å². The number of nitrogens with one attached hydrogen (secondary N) is 2. The summed E-state index contributed by atoms with van der Waals surface area (Å²) in [6, 6.07) is 3.55. The van der Waals surface area contributed by atoms with E-state index in [2.05, 4.69) is 40.5 Å². The summed E-state index contributed by atoms with van der Waals surface area (Å²) in [4.78, 5) is 29.0. The third-order valence-corrected chi connectivity index (χ3v) is 13.8. The number of hydrogen-bond acceptors (Lipinski definition) is 13. The van der Waals surface area contributed by atoms with E-state index in [-0.39, 0.29) is 43.2 Å². The second-order valence-corrected chi connectivity index (χ2v) is 18.8. The fourth-order valence-corrected chi connectivity index (χ4v) is 9.59. The minimum atomic E-state index is -2.54. The van der Waals surface area contributed by atoms with Crippen LogP contribution in [-0.4, -0.2) is 93.3 Å². The third-order valence-electron chi connectivity index (χ3n) is 11.6. The Morgan fingerprint density at radius 3 is 1.51 bits per heavy atom. The predicted octanol–water partition coefficient (Wildman–Crippen LogP) is 9.47. The summed E-state index contributed by atoms with van der Waals surface area (Å²) in [5, 5.41) is 12.3. The molecule has 0 aromatic carbocycles. The lowest BCUT2D eigenvalue weighted by atomic mass is 9.67. The molecule has 2 N–H and O–H groups in total. The van der Waals surface area contributed by atoms with Crippen LogP contribution in [0.25, 0.3) is 21.4 Å². The quantitative estimate of drug-likeness (QED) is 0.137. The van der Waals surface area contributed by atoms with Crippen LogP contribution in [0, 0.1) is 24.7 Å². The Labute approximate surface area is 342 Å². The van der Waals surface area contributed by atoms with Crippen LogP contribution in [0.3, 0.4) is 0 Å². The lowest BCUT2D eigenvalue weighted by Crippen LogP contribution is -2.66. The van der Waals surface area contributed by atoms with Crippen molar-refractivity contribution >= 4 is 52.0 Å². The van der Waals surface area contributed by atoms with Crippen LogP contribution in [-0.2, 0) is 9.47 Å². The van der Waals surface area contributed by atoms with Crippen molar-refractivity contribution < 1.29 is 27.0 Å². The van der Waals surface area contributed by atoms with Gasteiger partial charge in [0.15, 0.2) is 0 Å². The Morgan fingerprint density at radius 2 is 1.12 bits per heavy atom. The highest BCUT2D eigenvalue weighted by molar-refractivity contribution is 7.13. The Kier molecular flexibility index (Phi) is 11.7. The summed E-state index contributed by atoms with van der Waals surface area (Å²) in [7, 11) is 0. The largest absolute Gasteiger partial charge is 0.380 e. The van der Waals surface area contributed by atoms with Gasteiger partial charge < -0.3 is 25.0 Å². The van der Waals surface area contributed by atoms with E-state index in [0.29, 0.717) is 48.4 Å². The molecule has 3 saturated heterocycles. The number of thiazole rings is 2. The summed E-state index contributed by atoms with van der Waals surface area (Å²) in [5.41, 5.74) is 4.29. The van der Waals surface area contributed by atoms with Crippen molar-refractivity contribution in [3.8, 4) is 21.4 Å². The Morgan fingerprint density at radius 1 is 0.649 bits per heavy atom. The molecule has 11 nitrogen and oxygen atoms in total. The van der Waals surface area contributed by atoms with Gasteiger partial charge in [-0.25, -0.2) is 42.5 Å². The summed E-state index contributed by atoms with van der Waals surface area (Å²) >= 11 is 9.07. The van der Waals surface area contributed by atoms with Crippen LogP contribution in [0.4, 0.5) is 35.3 Å². The van der Waals surface area contributed by atoms with Crippen molar-refractivity contribution in [1.29, 1.82) is 0 Å². The molecule has 6 aliphatic rings. The van der Waals surface area contributed by atoms with Crippen molar-refractivity contribution in [3.63, 3.8) is 0 Å². The van der Waals surface area contributed by atoms with Crippen LogP contribution >= 0.6 is 34.3 Å². The molecule has 3 saturated carbocycles. The molecular weight excluding hydrogens is 802 g/mol. The van der Waals surface area contributed by atoms with Crippen molar-refractivity contribution in [1.82, 2.24) is 29.9 Å². The van der Waals surface area contributed by atoms with Crippen molar-refractivity contribution in [3.05, 3.63) is 39.4 Å². The second kappa shape index (κ2) is 16.4. The molecule has 0 bridgehead atoms. The van der Waals surface area contributed by atoms with E-state index in [1.165, 1.54) is 30.6 Å². The number of nitrogens with zero attached hydrogens (tertiary/aromatic N) is 7. The number of rotatable bonds is 7. The Bertz CT molecular complexity index is 1980. The normalized spacial score (nSPS) is 22.8. The number of hydrogen-bond donors (Lipinski definition) is 2. The number of aromatic nitrogens is 6. The topological polar surface area (TPSA) is 123 Å². The maximum Gasteiger partial charge on any atom is 0.248 e. The highest BCUT2D eigenvalue weighted by Crippen LogP contribution is 2.46. The molecule has 0 unspecified atom stereocenters. The standard InChI is InChI=1S/C19H23F2N5OS.C14H15ClF2N4S.C6H10O/c1-12-7-28-16(22-12)14-6-15(26-8-18(9-26)10-27-11-18)25-17(24-14)23-13-2-4-19(20,21)5-3-13;1-8-7-22-12(18-8)10-6-11(15)21-13(20-10)19-9-2-4-14(16,17)5-3-9;1-2-6(3-1)4-7-5-6/h6-7,13H,2-5,8-11H2,1H3,(H,23,24,25);6-7,9H,2-5H2,1H3,(H,19,20,21);1-5H2. The zero-order chi connectivity index (χ0) is 39.8. The van der Waals surface area contributed by atoms with E-state index < -0.39 is 11.8 Å². The molecule has 0 radical (unpaired) electrons. The molecule has 0 atom stereocenters. The number of aryl methyl sites for hydroxylation is 2. The molecule has 2 spiro atoms. The number of alkyl halides is 4. The van der Waals surface area contributed by atoms with Crippen molar-refractivity contribution in [2.24, 2.45) is 10.8 Å². The van der Waals surface area contributed by atoms with Gasteiger partial charge in [0.2, 0.25) is 23.7 Å². The minimum Gasteiger partial charge on any atom is -0.380 e. The van der Waals surface area contributed by atoms with Crippen LogP contribution in [0.2, 0.25) is 5.15 Å². The van der Waals surface area contributed by atoms with E-state index in [1.54, 1.807) is 17.4 Å². The van der Waals surface area contributed by atoms with Gasteiger partial charge in [-0.15, -0.1) is 22.7 Å². The lowest BCUT2D eigenvalue weighted by molar-refractivity contribution is -0.155. The fraction of sp³-hybridized carbons (Fsp3) is 0.641. The van der Waals surface area contributed by atoms with Crippen LogP contribution in [0.1, 0.15) is 82.0 Å². The number of anilines is 3. The lowest BCUT2D eigenvalue weighted by Gasteiger charge is -2.55. The van der Waals surface area contributed by atoms with Crippen LogP contribution in [0.15, 0.2) is 22.9 Å². The van der Waals surface area contributed by atoms with Gasteiger partial charge in [-0.2, -0.15) is 4.98 Å². The molecule has 3 aliphatic carbocycles. The zero-order valence-electron chi connectivity index (χ0n) is 32.1. The Balaban J connectivity index is 0.000000139. The van der Waals surface area contributed by atoms with Gasteiger partial charge in [0.05, 0.1) is 31.8 Å². The van der Waals surface area contributed by atoms with Gasteiger partial charge in [-0.1, -0.05) is 18.0 Å². The molecule has 3 aliphatic heterocycles. The fourth-order valence-electron chi connectivity index (χ4n) is 7.89. The first kappa shape index (κ1) is 40.5. The maximum absolute atomic E-state index is 13.5. The van der Waals surface area contributed by atoms with E-state index in [9.17, 15) is 17.6 Å². The summed E-state index contributed by atoms with van der Waals surface area (Å²) in [6.45, 7) is 9.47. The average Bonchev–Trinajstić information content (AvgIpc) is 3.73. The van der Waals surface area contributed by atoms with Crippen LogP contribution in [0.5, 0.6) is 0 Å². The molecule has 4 aromatic heterocycles. The van der Waals surface area contributed by atoms with Gasteiger partial charge in [-0.3, -0.25) is 0 Å². The number of halogens is 5. The van der Waals surface area contributed by atoms with Crippen molar-refractivity contribution in [2.75, 3.05) is 55.1 Å². The first-order valence-corrected chi connectivity index (χ1v) is 21.8. The summed E-state index contributed by atoms with van der Waals surface area (Å²) in [5.74, 6) is -3.36. The van der Waals surface area contributed by atoms with Gasteiger partial charge in [0.1, 0.15) is 32.4 Å². The maximum atomic E-state index is 13.5. The first-order chi connectivity index (χ1) is 27.2. The third kappa shape index (κ3) is 9.97. The molecular formula is C39H48ClF4N9O2S2. The molecule has 18 heteroatoms. The van der Waals surface area contributed by atoms with Crippen molar-refractivity contribution in [2.45, 2.75) is 108 Å². The number of ether oxygens (including phenoxy) is 2. The van der Waals surface area contributed by atoms with E-state index in [4.69, 9.17) is 26.1 Å². The zero-order valence-corrected chi connectivity index (χ0v) is 34.5. The molecule has 57 heavy (non-hydrogen) atoms. The van der Waals surface area contributed by atoms with E-state index in [0.717, 1.165) is 77.8 Å². The molecule has 0 amide bonds. The summed E-state index contributed by atoms with van der Waals surface area (Å²) in [6.07, 6.45) is 5.59. The summed E-state index contributed by atoms with van der Waals surface area (Å²) < 4.78 is 63.7. The second-order valence-electron chi connectivity index (χ2n) is 16.7. The molecule has 4 aromatic rings. The monoisotopic (exact) mass is 849 g/mol. The highest BCUT2D eigenvalue weighted by Gasteiger charge is 2.49. The van der Waals surface area contributed by atoms with Gasteiger partial charge in [-0.05, 0) is 52.4 Å². The first-order valence-electron chi connectivity index (χ1n) is 19.7. The smallest absolute Gasteiger partial charge is 0.248 e. The average molecular weight is 850 g/mol. The Hall–Kier alpha value is -3.25. The molecule has 10 rings (SSSR count). The highest BCUT2D eigenvalue weighted by atomic mass is 35.5. The van der Waals surface area contributed by atoms with E-state index >= 15 is 0 Å². The van der Waals surface area contributed by atoms with Gasteiger partial charge >= 0.3 is 0 Å². The van der Waals surface area contributed by atoms with Crippen LogP contribution < -0.4 is 15.5 Å². The predicted molar refractivity (Wildman–Crippen MR) is 215 cm³/mol. The SMILES string of the molecule is C1CC2(C1)COC2.Cc1csc(-c2cc(Cl)nc(NC3CCC(F)(F)CC3)n2)n1.Cc1csc(-c2cc(N3CC4(COC4)C3)nc(NC3CCC(F)(F)CC3)n2)n1. The van der Waals surface area contributed by atoms with E-state index in [1.807, 2.05) is 30.7 Å². The van der Waals surface area contributed by atoms with Gasteiger partial charge in [0.25, 0.3) is 0 Å². The molecule has 7 heterocycles. The minimum absolute atomic E-state index is 0.0245. The molecule has 6 fully saturated rings. The molecule has 308 valence electrons.